The van der Waals surface area contributed by atoms with Crippen LogP contribution in [0.3, 0.4) is 0 Å². The molecule has 2 saturated heterocycles. The Morgan fingerprint density at radius 3 is 2.73 bits per heavy atom. The second-order valence-corrected chi connectivity index (χ2v) is 8.21. The van der Waals surface area contributed by atoms with Crippen molar-refractivity contribution in [2.45, 2.75) is 38.3 Å². The van der Waals surface area contributed by atoms with Crippen LogP contribution >= 0.6 is 0 Å². The molecule has 5 rings (SSSR count). The molecule has 2 amide bonds. The molecule has 0 aliphatic carbocycles. The summed E-state index contributed by atoms with van der Waals surface area (Å²) in [6.07, 6.45) is 5.36. The first-order chi connectivity index (χ1) is 14.6. The molecule has 2 aliphatic heterocycles. The lowest BCUT2D eigenvalue weighted by molar-refractivity contribution is -0.129. The predicted octanol–water partition coefficient (Wildman–Crippen LogP) is 3.00. The highest BCUT2D eigenvalue weighted by Gasteiger charge is 2.48. The molecule has 2 atom stereocenters. The molecule has 152 valence electrons. The number of aryl methyl sites for hydroxylation is 1. The van der Waals surface area contributed by atoms with E-state index in [-0.39, 0.29) is 23.9 Å². The van der Waals surface area contributed by atoms with Crippen LogP contribution in [0, 0.1) is 6.92 Å². The zero-order valence-corrected chi connectivity index (χ0v) is 17.0. The zero-order chi connectivity index (χ0) is 20.7. The van der Waals surface area contributed by atoms with Crippen molar-refractivity contribution in [1.82, 2.24) is 19.8 Å². The van der Waals surface area contributed by atoms with Gasteiger partial charge < -0.3 is 9.80 Å². The molecule has 0 unspecified atom stereocenters. The Kier molecular flexibility index (Phi) is 4.69. The summed E-state index contributed by atoms with van der Waals surface area (Å²) in [5.74, 6) is 0.128. The van der Waals surface area contributed by atoms with Gasteiger partial charge in [0.05, 0.1) is 23.1 Å². The van der Waals surface area contributed by atoms with E-state index in [9.17, 15) is 9.59 Å². The molecule has 3 aromatic rings. The quantitative estimate of drug-likeness (QED) is 0.675. The lowest BCUT2D eigenvalue weighted by Gasteiger charge is -2.25. The van der Waals surface area contributed by atoms with E-state index >= 15 is 0 Å². The second-order valence-electron chi connectivity index (χ2n) is 8.21. The average molecular weight is 400 g/mol. The minimum absolute atomic E-state index is 0.0246. The zero-order valence-electron chi connectivity index (χ0n) is 17.0. The van der Waals surface area contributed by atoms with Crippen molar-refractivity contribution in [3.63, 3.8) is 0 Å². The van der Waals surface area contributed by atoms with Crippen molar-refractivity contribution >= 4 is 22.8 Å². The molecule has 0 bridgehead atoms. The molecule has 0 spiro atoms. The van der Waals surface area contributed by atoms with Gasteiger partial charge in [-0.2, -0.15) is 0 Å². The first-order valence-corrected chi connectivity index (χ1v) is 10.5. The Labute approximate surface area is 175 Å². The maximum absolute atomic E-state index is 13.2. The van der Waals surface area contributed by atoms with Crippen LogP contribution < -0.4 is 0 Å². The van der Waals surface area contributed by atoms with Gasteiger partial charge in [-0.1, -0.05) is 29.8 Å². The van der Waals surface area contributed by atoms with Gasteiger partial charge in [0.1, 0.15) is 0 Å². The van der Waals surface area contributed by atoms with E-state index < -0.39 is 0 Å². The van der Waals surface area contributed by atoms with Gasteiger partial charge in [-0.25, -0.2) is 0 Å². The molecule has 1 aromatic heterocycles. The number of nitrogens with zero attached hydrogens (tertiary/aromatic N) is 4. The van der Waals surface area contributed by atoms with Crippen LogP contribution in [0.1, 0.15) is 34.3 Å². The third-order valence-corrected chi connectivity index (χ3v) is 6.32. The highest BCUT2D eigenvalue weighted by atomic mass is 16.2. The summed E-state index contributed by atoms with van der Waals surface area (Å²) in [6.45, 7) is 3.47. The minimum atomic E-state index is -0.0416. The molecule has 2 aromatic carbocycles. The molecule has 6 nitrogen and oxygen atoms in total. The summed E-state index contributed by atoms with van der Waals surface area (Å²) in [6, 6.07) is 13.9. The first kappa shape index (κ1) is 18.7. The number of hydrogen-bond donors (Lipinski definition) is 0. The summed E-state index contributed by atoms with van der Waals surface area (Å²) < 4.78 is 0. The normalized spacial score (nSPS) is 20.8. The smallest absolute Gasteiger partial charge is 0.254 e. The fourth-order valence-corrected chi connectivity index (χ4v) is 4.85. The van der Waals surface area contributed by atoms with Crippen LogP contribution in [0.5, 0.6) is 0 Å². The lowest BCUT2D eigenvalue weighted by Crippen LogP contribution is -2.40. The SMILES string of the molecule is Cc1cccc(CCN2C(=O)C[C@H]3[C@@H]2CCN3C(=O)c2ccc3nccnc3c2)c1. The summed E-state index contributed by atoms with van der Waals surface area (Å²) >= 11 is 0. The highest BCUT2D eigenvalue weighted by Crippen LogP contribution is 2.33. The third kappa shape index (κ3) is 3.32. The number of hydrogen-bond acceptors (Lipinski definition) is 4. The topological polar surface area (TPSA) is 66.4 Å². The van der Waals surface area contributed by atoms with Crippen molar-refractivity contribution in [1.29, 1.82) is 0 Å². The Hall–Kier alpha value is -3.28. The van der Waals surface area contributed by atoms with E-state index in [1.165, 1.54) is 11.1 Å². The van der Waals surface area contributed by atoms with Gasteiger partial charge in [0.15, 0.2) is 0 Å². The maximum Gasteiger partial charge on any atom is 0.254 e. The van der Waals surface area contributed by atoms with Gasteiger partial charge in [0.25, 0.3) is 5.91 Å². The van der Waals surface area contributed by atoms with Crippen LogP contribution in [0.15, 0.2) is 54.9 Å². The van der Waals surface area contributed by atoms with Crippen LogP contribution in [-0.2, 0) is 11.2 Å². The first-order valence-electron chi connectivity index (χ1n) is 10.5. The van der Waals surface area contributed by atoms with E-state index in [4.69, 9.17) is 0 Å². The van der Waals surface area contributed by atoms with Gasteiger partial charge >= 0.3 is 0 Å². The number of amides is 2. The van der Waals surface area contributed by atoms with Crippen molar-refractivity contribution in [3.8, 4) is 0 Å². The monoisotopic (exact) mass is 400 g/mol. The van der Waals surface area contributed by atoms with Crippen LogP contribution in [-0.4, -0.2) is 56.8 Å². The average Bonchev–Trinajstić information content (AvgIpc) is 3.29. The van der Waals surface area contributed by atoms with E-state index in [0.29, 0.717) is 30.6 Å². The summed E-state index contributed by atoms with van der Waals surface area (Å²) in [5.41, 5.74) is 4.56. The van der Waals surface area contributed by atoms with E-state index in [1.807, 2.05) is 15.9 Å². The Morgan fingerprint density at radius 2 is 1.90 bits per heavy atom. The van der Waals surface area contributed by atoms with Gasteiger partial charge in [0.2, 0.25) is 5.91 Å². The number of likely N-dealkylation sites (tertiary alicyclic amines) is 2. The third-order valence-electron chi connectivity index (χ3n) is 6.32. The van der Waals surface area contributed by atoms with Crippen molar-refractivity contribution in [2.75, 3.05) is 13.1 Å². The molecule has 30 heavy (non-hydrogen) atoms. The number of benzene rings is 2. The van der Waals surface area contributed by atoms with E-state index in [1.54, 1.807) is 24.5 Å². The van der Waals surface area contributed by atoms with Crippen molar-refractivity contribution in [3.05, 3.63) is 71.5 Å². The van der Waals surface area contributed by atoms with Crippen LogP contribution in [0.2, 0.25) is 0 Å². The highest BCUT2D eigenvalue weighted by molar-refractivity contribution is 5.98. The van der Waals surface area contributed by atoms with Crippen molar-refractivity contribution in [2.24, 2.45) is 0 Å². The molecule has 3 heterocycles. The molecule has 2 aliphatic rings. The maximum atomic E-state index is 13.2. The second kappa shape index (κ2) is 7.52. The number of carbonyl (C=O) groups excluding carboxylic acids is 2. The summed E-state index contributed by atoms with van der Waals surface area (Å²) in [7, 11) is 0. The number of carbonyl (C=O) groups is 2. The molecular weight excluding hydrogens is 376 g/mol. The van der Waals surface area contributed by atoms with Gasteiger partial charge in [-0.3, -0.25) is 19.6 Å². The fourth-order valence-electron chi connectivity index (χ4n) is 4.85. The largest absolute Gasteiger partial charge is 0.337 e. The Morgan fingerprint density at radius 1 is 1.07 bits per heavy atom. The minimum Gasteiger partial charge on any atom is -0.337 e. The molecule has 0 saturated carbocycles. The van der Waals surface area contributed by atoms with Crippen LogP contribution in [0.25, 0.3) is 11.0 Å². The van der Waals surface area contributed by atoms with Gasteiger partial charge in [0, 0.05) is 37.5 Å². The van der Waals surface area contributed by atoms with Gasteiger partial charge in [-0.05, 0) is 43.5 Å². The van der Waals surface area contributed by atoms with E-state index in [0.717, 1.165) is 18.4 Å². The Bertz CT molecular complexity index is 1130. The van der Waals surface area contributed by atoms with Crippen LogP contribution in [0.4, 0.5) is 0 Å². The summed E-state index contributed by atoms with van der Waals surface area (Å²) in [5, 5.41) is 0. The molecule has 6 heteroatoms. The Balaban J connectivity index is 1.31. The summed E-state index contributed by atoms with van der Waals surface area (Å²) in [4.78, 5) is 38.4. The number of rotatable bonds is 4. The van der Waals surface area contributed by atoms with Crippen molar-refractivity contribution < 1.29 is 9.59 Å². The predicted molar refractivity (Wildman–Crippen MR) is 114 cm³/mol. The molecular formula is C24H24N4O2. The van der Waals surface area contributed by atoms with E-state index in [2.05, 4.69) is 41.2 Å². The number of fused-ring (bicyclic) bond motifs is 2. The molecule has 2 fully saturated rings. The number of aromatic nitrogens is 2. The molecule has 0 radical (unpaired) electrons. The fraction of sp³-hybridized carbons (Fsp3) is 0.333. The van der Waals surface area contributed by atoms with Gasteiger partial charge in [-0.15, -0.1) is 0 Å². The standard InChI is InChI=1S/C24H24N4O2/c1-16-3-2-4-17(13-16)7-11-27-21-8-12-28(22(21)15-23(27)29)24(30)18-5-6-19-20(14-18)26-10-9-25-19/h2-6,9-10,13-14,21-22H,7-8,11-12,15H2,1H3/t21-,22-/m0/s1. The lowest BCUT2D eigenvalue weighted by atomic mass is 10.1. The molecule has 0 N–H and O–H groups in total.